The fourth-order valence-corrected chi connectivity index (χ4v) is 2.82. The van der Waals surface area contributed by atoms with Gasteiger partial charge in [0, 0.05) is 18.7 Å². The van der Waals surface area contributed by atoms with Crippen LogP contribution < -0.4 is 14.8 Å². The van der Waals surface area contributed by atoms with E-state index in [9.17, 15) is 14.9 Å². The zero-order valence-corrected chi connectivity index (χ0v) is 15.3. The number of nitro benzene ring substituents is 1. The Hall–Kier alpha value is -3.13. The lowest BCUT2D eigenvalue weighted by atomic mass is 10.1. The fraction of sp³-hybridized carbons (Fsp3) is 0.350. The molecule has 2 aromatic rings. The van der Waals surface area contributed by atoms with Crippen molar-refractivity contribution in [3.05, 3.63) is 58.6 Å². The van der Waals surface area contributed by atoms with Crippen LogP contribution in [0, 0.1) is 10.1 Å². The van der Waals surface area contributed by atoms with Gasteiger partial charge in [-0.15, -0.1) is 0 Å². The predicted octanol–water partition coefficient (Wildman–Crippen LogP) is 3.56. The summed E-state index contributed by atoms with van der Waals surface area (Å²) < 4.78 is 16.9. The van der Waals surface area contributed by atoms with E-state index in [1.165, 1.54) is 24.3 Å². The molecule has 0 aromatic heterocycles. The minimum absolute atomic E-state index is 0.0372. The van der Waals surface area contributed by atoms with Crippen molar-refractivity contribution in [3.8, 4) is 11.5 Å². The third kappa shape index (κ3) is 5.68. The summed E-state index contributed by atoms with van der Waals surface area (Å²) in [6.45, 7) is 0.969. The van der Waals surface area contributed by atoms with E-state index in [1.54, 1.807) is 18.2 Å². The number of carbonyl (C=O) groups is 1. The smallest absolute Gasteiger partial charge is 0.269 e. The summed E-state index contributed by atoms with van der Waals surface area (Å²) in [4.78, 5) is 22.3. The average molecular weight is 386 g/mol. The van der Waals surface area contributed by atoms with Crippen molar-refractivity contribution in [3.63, 3.8) is 0 Å². The number of nitrogens with zero attached hydrogens (tertiary/aromatic N) is 1. The van der Waals surface area contributed by atoms with Crippen molar-refractivity contribution >= 4 is 17.3 Å². The van der Waals surface area contributed by atoms with E-state index in [1.807, 2.05) is 6.07 Å². The van der Waals surface area contributed by atoms with Crippen LogP contribution in [0.4, 0.5) is 11.4 Å². The third-order valence-electron chi connectivity index (χ3n) is 4.28. The number of rotatable bonds is 8. The second-order valence-corrected chi connectivity index (χ2v) is 6.38. The number of hydrogen-bond acceptors (Lipinski definition) is 6. The second-order valence-electron chi connectivity index (χ2n) is 6.38. The molecule has 8 heteroatoms. The van der Waals surface area contributed by atoms with Crippen molar-refractivity contribution in [2.75, 3.05) is 25.1 Å². The first kappa shape index (κ1) is 19.6. The number of anilines is 1. The molecule has 1 aliphatic rings. The Labute approximate surface area is 162 Å². The molecule has 148 valence electrons. The van der Waals surface area contributed by atoms with Crippen molar-refractivity contribution in [2.24, 2.45) is 0 Å². The van der Waals surface area contributed by atoms with Crippen LogP contribution in [0.3, 0.4) is 0 Å². The lowest BCUT2D eigenvalue weighted by molar-refractivity contribution is -0.384. The molecule has 1 N–H and O–H groups in total. The highest BCUT2D eigenvalue weighted by Crippen LogP contribution is 2.25. The molecular weight excluding hydrogens is 364 g/mol. The van der Waals surface area contributed by atoms with Crippen molar-refractivity contribution < 1.29 is 23.9 Å². The number of non-ortho nitro benzene ring substituents is 1. The van der Waals surface area contributed by atoms with Gasteiger partial charge >= 0.3 is 0 Å². The molecule has 1 fully saturated rings. The standard InChI is InChI=1S/C20H22N2O6/c23-20(14-27-16-10-8-15(9-11-16)22(24)25)21-18-6-1-2-7-19(18)28-13-17-5-3-4-12-26-17/h1-2,6-11,17H,3-5,12-14H2,(H,21,23). The monoisotopic (exact) mass is 386 g/mol. The van der Waals surface area contributed by atoms with Crippen LogP contribution in [-0.2, 0) is 9.53 Å². The van der Waals surface area contributed by atoms with Crippen LogP contribution in [0.2, 0.25) is 0 Å². The number of amides is 1. The van der Waals surface area contributed by atoms with Gasteiger partial charge in [-0.05, 0) is 43.5 Å². The van der Waals surface area contributed by atoms with Crippen LogP contribution in [0.15, 0.2) is 48.5 Å². The Morgan fingerprint density at radius 1 is 1.14 bits per heavy atom. The molecule has 1 heterocycles. The molecule has 1 saturated heterocycles. The maximum Gasteiger partial charge on any atom is 0.269 e. The summed E-state index contributed by atoms with van der Waals surface area (Å²) in [5.74, 6) is 0.586. The van der Waals surface area contributed by atoms with Crippen LogP contribution >= 0.6 is 0 Å². The summed E-state index contributed by atoms with van der Waals surface area (Å²) in [5.41, 5.74) is 0.514. The molecule has 3 rings (SSSR count). The molecule has 1 unspecified atom stereocenters. The van der Waals surface area contributed by atoms with E-state index in [4.69, 9.17) is 14.2 Å². The Balaban J connectivity index is 1.51. The molecule has 1 atom stereocenters. The summed E-state index contributed by atoms with van der Waals surface area (Å²) >= 11 is 0. The van der Waals surface area contributed by atoms with Crippen molar-refractivity contribution in [1.29, 1.82) is 0 Å². The van der Waals surface area contributed by atoms with Gasteiger partial charge in [0.2, 0.25) is 0 Å². The molecule has 28 heavy (non-hydrogen) atoms. The highest BCUT2D eigenvalue weighted by atomic mass is 16.6. The van der Waals surface area contributed by atoms with Gasteiger partial charge in [0.25, 0.3) is 11.6 Å². The lowest BCUT2D eigenvalue weighted by Crippen LogP contribution is -2.26. The fourth-order valence-electron chi connectivity index (χ4n) is 2.82. The zero-order chi connectivity index (χ0) is 19.8. The van der Waals surface area contributed by atoms with E-state index in [0.29, 0.717) is 23.8 Å². The first-order valence-corrected chi connectivity index (χ1v) is 9.12. The van der Waals surface area contributed by atoms with Crippen LogP contribution in [0.25, 0.3) is 0 Å². The predicted molar refractivity (Wildman–Crippen MR) is 103 cm³/mol. The van der Waals surface area contributed by atoms with Crippen LogP contribution in [0.1, 0.15) is 19.3 Å². The largest absolute Gasteiger partial charge is 0.489 e. The summed E-state index contributed by atoms with van der Waals surface area (Å²) in [5, 5.41) is 13.4. The van der Waals surface area contributed by atoms with Crippen molar-refractivity contribution in [1.82, 2.24) is 0 Å². The maximum absolute atomic E-state index is 12.2. The van der Waals surface area contributed by atoms with E-state index >= 15 is 0 Å². The number of hydrogen-bond donors (Lipinski definition) is 1. The summed E-state index contributed by atoms with van der Waals surface area (Å²) in [6, 6.07) is 12.7. The van der Waals surface area contributed by atoms with Gasteiger partial charge < -0.3 is 19.5 Å². The van der Waals surface area contributed by atoms with Gasteiger partial charge in [-0.25, -0.2) is 0 Å². The first-order chi connectivity index (χ1) is 13.6. The van der Waals surface area contributed by atoms with E-state index in [2.05, 4.69) is 5.32 Å². The number of ether oxygens (including phenoxy) is 3. The number of carbonyl (C=O) groups excluding carboxylic acids is 1. The van der Waals surface area contributed by atoms with E-state index in [-0.39, 0.29) is 24.3 Å². The quantitative estimate of drug-likeness (QED) is 0.550. The summed E-state index contributed by atoms with van der Waals surface area (Å²) in [7, 11) is 0. The molecule has 1 amide bonds. The Kier molecular flexibility index (Phi) is 6.80. The third-order valence-corrected chi connectivity index (χ3v) is 4.28. The molecule has 2 aromatic carbocycles. The first-order valence-electron chi connectivity index (χ1n) is 9.12. The highest BCUT2D eigenvalue weighted by Gasteiger charge is 2.16. The number of para-hydroxylation sites is 2. The van der Waals surface area contributed by atoms with Gasteiger partial charge in [0.1, 0.15) is 18.1 Å². The topological polar surface area (TPSA) is 99.9 Å². The SMILES string of the molecule is O=C(COc1ccc([N+](=O)[O-])cc1)Nc1ccccc1OCC1CCCCO1. The molecular formula is C20H22N2O6. The minimum Gasteiger partial charge on any atom is -0.489 e. The molecule has 8 nitrogen and oxygen atoms in total. The molecule has 0 aliphatic carbocycles. The second kappa shape index (κ2) is 9.70. The highest BCUT2D eigenvalue weighted by molar-refractivity contribution is 5.93. The molecule has 1 aliphatic heterocycles. The Bertz CT molecular complexity index is 803. The number of nitro groups is 1. The van der Waals surface area contributed by atoms with Crippen molar-refractivity contribution in [2.45, 2.75) is 25.4 Å². The zero-order valence-electron chi connectivity index (χ0n) is 15.3. The van der Waals surface area contributed by atoms with Gasteiger partial charge in [-0.1, -0.05) is 12.1 Å². The lowest BCUT2D eigenvalue weighted by Gasteiger charge is -2.23. The van der Waals surface area contributed by atoms with Gasteiger partial charge in [0.15, 0.2) is 6.61 Å². The van der Waals surface area contributed by atoms with Gasteiger partial charge in [-0.2, -0.15) is 0 Å². The maximum atomic E-state index is 12.2. The number of benzene rings is 2. The van der Waals surface area contributed by atoms with E-state index in [0.717, 1.165) is 25.9 Å². The summed E-state index contributed by atoms with van der Waals surface area (Å²) in [6.07, 6.45) is 3.25. The Morgan fingerprint density at radius 2 is 1.93 bits per heavy atom. The van der Waals surface area contributed by atoms with Gasteiger partial charge in [0.05, 0.1) is 16.7 Å². The molecule has 0 spiro atoms. The molecule has 0 radical (unpaired) electrons. The van der Waals surface area contributed by atoms with E-state index < -0.39 is 4.92 Å². The van der Waals surface area contributed by atoms with Gasteiger partial charge in [-0.3, -0.25) is 14.9 Å². The van der Waals surface area contributed by atoms with Crippen LogP contribution in [0.5, 0.6) is 11.5 Å². The molecule has 0 saturated carbocycles. The molecule has 0 bridgehead atoms. The Morgan fingerprint density at radius 3 is 2.64 bits per heavy atom. The normalized spacial score (nSPS) is 16.2. The minimum atomic E-state index is -0.494. The number of nitrogens with one attached hydrogen (secondary N) is 1. The van der Waals surface area contributed by atoms with Crippen LogP contribution in [-0.4, -0.2) is 36.8 Å². The average Bonchev–Trinajstić information content (AvgIpc) is 2.72.